The average Bonchev–Trinajstić information content (AvgIpc) is 3.18. The van der Waals surface area contributed by atoms with Crippen molar-refractivity contribution in [1.29, 1.82) is 0 Å². The van der Waals surface area contributed by atoms with Crippen LogP contribution in [0.1, 0.15) is 31.4 Å². The third-order valence-electron chi connectivity index (χ3n) is 4.80. The summed E-state index contributed by atoms with van der Waals surface area (Å²) in [6.07, 6.45) is 7.44. The SMILES string of the molecule is CS(=O)(=O)NC[C@H]1CN(C(=O)COC2CCCC2)Cc2ccnn2C1. The molecule has 2 heterocycles. The maximum atomic E-state index is 12.6. The van der Waals surface area contributed by atoms with Gasteiger partial charge in [0.1, 0.15) is 6.61 Å². The molecule has 25 heavy (non-hydrogen) atoms. The van der Waals surface area contributed by atoms with Crippen molar-refractivity contribution in [2.75, 3.05) is 26.0 Å². The minimum atomic E-state index is -3.27. The normalized spacial score (nSPS) is 22.0. The molecule has 0 radical (unpaired) electrons. The summed E-state index contributed by atoms with van der Waals surface area (Å²) < 4.78 is 32.9. The molecular weight excluding hydrogens is 344 g/mol. The number of amides is 1. The van der Waals surface area contributed by atoms with Crippen LogP contribution in [0, 0.1) is 5.92 Å². The Kier molecular flexibility index (Phi) is 5.75. The maximum Gasteiger partial charge on any atom is 0.248 e. The molecule has 1 saturated carbocycles. The van der Waals surface area contributed by atoms with E-state index in [-0.39, 0.29) is 31.1 Å². The summed E-state index contributed by atoms with van der Waals surface area (Å²) in [6.45, 7) is 1.91. The zero-order valence-corrected chi connectivity index (χ0v) is 15.4. The fourth-order valence-electron chi connectivity index (χ4n) is 3.46. The number of sulfonamides is 1. The first-order valence-electron chi connectivity index (χ1n) is 8.75. The largest absolute Gasteiger partial charge is 0.368 e. The number of rotatable bonds is 6. The van der Waals surface area contributed by atoms with Crippen molar-refractivity contribution in [3.05, 3.63) is 18.0 Å². The second-order valence-corrected chi connectivity index (χ2v) is 8.82. The van der Waals surface area contributed by atoms with Gasteiger partial charge in [-0.15, -0.1) is 0 Å². The van der Waals surface area contributed by atoms with E-state index in [1.165, 1.54) is 12.8 Å². The van der Waals surface area contributed by atoms with Gasteiger partial charge >= 0.3 is 0 Å². The van der Waals surface area contributed by atoms with Crippen molar-refractivity contribution in [2.24, 2.45) is 5.92 Å². The van der Waals surface area contributed by atoms with Crippen LogP contribution in [-0.2, 0) is 32.6 Å². The molecule has 2 aliphatic rings. The van der Waals surface area contributed by atoms with Crippen molar-refractivity contribution in [3.8, 4) is 0 Å². The summed E-state index contributed by atoms with van der Waals surface area (Å²) in [5.41, 5.74) is 0.955. The van der Waals surface area contributed by atoms with E-state index < -0.39 is 10.0 Å². The van der Waals surface area contributed by atoms with Gasteiger partial charge in [0, 0.05) is 31.7 Å². The van der Waals surface area contributed by atoms with Crippen LogP contribution < -0.4 is 4.72 Å². The maximum absolute atomic E-state index is 12.6. The summed E-state index contributed by atoms with van der Waals surface area (Å²) in [7, 11) is -3.27. The van der Waals surface area contributed by atoms with Crippen molar-refractivity contribution in [2.45, 2.75) is 44.9 Å². The number of nitrogens with zero attached hydrogens (tertiary/aromatic N) is 3. The standard InChI is InChI=1S/C16H26N4O4S/c1-25(22,23)18-8-13-9-19(11-14-6-7-17-20(14)10-13)16(21)12-24-15-4-2-3-5-15/h6-7,13,15,18H,2-5,8-12H2,1H3/t13-/m0/s1. The van der Waals surface area contributed by atoms with Crippen LogP contribution in [0.4, 0.5) is 0 Å². The number of carbonyl (C=O) groups excluding carboxylic acids is 1. The number of ether oxygens (including phenoxy) is 1. The molecule has 0 aromatic carbocycles. The predicted molar refractivity (Wildman–Crippen MR) is 92.2 cm³/mol. The molecule has 1 atom stereocenters. The lowest BCUT2D eigenvalue weighted by Crippen LogP contribution is -2.40. The Morgan fingerprint density at radius 3 is 2.84 bits per heavy atom. The highest BCUT2D eigenvalue weighted by atomic mass is 32.2. The van der Waals surface area contributed by atoms with E-state index in [2.05, 4.69) is 9.82 Å². The summed E-state index contributed by atoms with van der Waals surface area (Å²) >= 11 is 0. The quantitative estimate of drug-likeness (QED) is 0.780. The third kappa shape index (κ3) is 5.26. The second-order valence-electron chi connectivity index (χ2n) is 6.98. The molecule has 1 aromatic heterocycles. The molecular formula is C16H26N4O4S. The van der Waals surface area contributed by atoms with Crippen molar-refractivity contribution in [3.63, 3.8) is 0 Å². The summed E-state index contributed by atoms with van der Waals surface area (Å²) in [5.74, 6) is -0.0859. The second kappa shape index (κ2) is 7.84. The van der Waals surface area contributed by atoms with Gasteiger partial charge in [0.25, 0.3) is 0 Å². The first-order chi connectivity index (χ1) is 11.9. The zero-order valence-electron chi connectivity index (χ0n) is 14.6. The van der Waals surface area contributed by atoms with Crippen molar-refractivity contribution < 1.29 is 17.9 Å². The third-order valence-corrected chi connectivity index (χ3v) is 5.49. The minimum absolute atomic E-state index is 0.0358. The molecule has 1 aliphatic carbocycles. The lowest BCUT2D eigenvalue weighted by atomic mass is 10.1. The Bertz CT molecular complexity index is 697. The van der Waals surface area contributed by atoms with E-state index in [4.69, 9.17) is 4.74 Å². The fourth-order valence-corrected chi connectivity index (χ4v) is 4.00. The smallest absolute Gasteiger partial charge is 0.248 e. The highest BCUT2D eigenvalue weighted by Gasteiger charge is 2.27. The molecule has 140 valence electrons. The van der Waals surface area contributed by atoms with Crippen molar-refractivity contribution >= 4 is 15.9 Å². The first kappa shape index (κ1) is 18.3. The Hall–Kier alpha value is -1.45. The number of nitrogens with one attached hydrogen (secondary N) is 1. The molecule has 1 aromatic rings. The summed E-state index contributed by atoms with van der Waals surface area (Å²) in [5, 5.41) is 4.28. The monoisotopic (exact) mass is 370 g/mol. The lowest BCUT2D eigenvalue weighted by molar-refractivity contribution is -0.139. The van der Waals surface area contributed by atoms with E-state index >= 15 is 0 Å². The van der Waals surface area contributed by atoms with E-state index in [1.807, 2.05) is 10.7 Å². The van der Waals surface area contributed by atoms with Gasteiger partial charge in [0.05, 0.1) is 24.6 Å². The van der Waals surface area contributed by atoms with Gasteiger partial charge in [-0.3, -0.25) is 9.48 Å². The number of fused-ring (bicyclic) bond motifs is 1. The fraction of sp³-hybridized carbons (Fsp3) is 0.750. The van der Waals surface area contributed by atoms with Gasteiger partial charge < -0.3 is 9.64 Å². The number of hydrogen-bond acceptors (Lipinski definition) is 5. The van der Waals surface area contributed by atoms with Gasteiger partial charge in [-0.05, 0) is 18.9 Å². The number of aromatic nitrogens is 2. The van der Waals surface area contributed by atoms with Crippen molar-refractivity contribution in [1.82, 2.24) is 19.4 Å². The van der Waals surface area contributed by atoms with Crippen LogP contribution in [0.25, 0.3) is 0 Å². The highest BCUT2D eigenvalue weighted by molar-refractivity contribution is 7.88. The van der Waals surface area contributed by atoms with Crippen LogP contribution >= 0.6 is 0 Å². The topological polar surface area (TPSA) is 93.5 Å². The molecule has 1 aliphatic heterocycles. The average molecular weight is 370 g/mol. The first-order valence-corrected chi connectivity index (χ1v) is 10.6. The molecule has 9 heteroatoms. The molecule has 1 N–H and O–H groups in total. The van der Waals surface area contributed by atoms with E-state index in [9.17, 15) is 13.2 Å². The minimum Gasteiger partial charge on any atom is -0.368 e. The van der Waals surface area contributed by atoms with Gasteiger partial charge in [0.2, 0.25) is 15.9 Å². The van der Waals surface area contributed by atoms with E-state index in [1.54, 1.807) is 11.1 Å². The molecule has 0 spiro atoms. The number of hydrogen-bond donors (Lipinski definition) is 1. The Labute approximate surface area is 148 Å². The van der Waals surface area contributed by atoms with Crippen LogP contribution in [0.3, 0.4) is 0 Å². The molecule has 8 nitrogen and oxygen atoms in total. The molecule has 1 fully saturated rings. The molecule has 0 unspecified atom stereocenters. The van der Waals surface area contributed by atoms with Crippen LogP contribution in [0.5, 0.6) is 0 Å². The summed E-state index contributed by atoms with van der Waals surface area (Å²) in [6, 6.07) is 1.89. The Balaban J connectivity index is 1.63. The van der Waals surface area contributed by atoms with Gasteiger partial charge in [-0.25, -0.2) is 13.1 Å². The van der Waals surface area contributed by atoms with E-state index in [0.717, 1.165) is 24.8 Å². The predicted octanol–water partition coefficient (Wildman–Crippen LogP) is 0.350. The highest BCUT2D eigenvalue weighted by Crippen LogP contribution is 2.21. The van der Waals surface area contributed by atoms with Crippen LogP contribution in [-0.4, -0.2) is 61.1 Å². The molecule has 1 amide bonds. The molecule has 0 saturated heterocycles. The molecule has 3 rings (SSSR count). The lowest BCUT2D eigenvalue weighted by Gasteiger charge is -2.24. The summed E-state index contributed by atoms with van der Waals surface area (Å²) in [4.78, 5) is 14.4. The zero-order chi connectivity index (χ0) is 17.9. The Morgan fingerprint density at radius 1 is 1.36 bits per heavy atom. The molecule has 0 bridgehead atoms. The van der Waals surface area contributed by atoms with E-state index in [0.29, 0.717) is 19.6 Å². The van der Waals surface area contributed by atoms with Gasteiger partial charge in [-0.2, -0.15) is 5.10 Å². The van der Waals surface area contributed by atoms with Crippen LogP contribution in [0.15, 0.2) is 12.3 Å². The van der Waals surface area contributed by atoms with Crippen LogP contribution in [0.2, 0.25) is 0 Å². The number of carbonyl (C=O) groups is 1. The van der Waals surface area contributed by atoms with Gasteiger partial charge in [0.15, 0.2) is 0 Å². The Morgan fingerprint density at radius 2 is 2.12 bits per heavy atom. The van der Waals surface area contributed by atoms with Gasteiger partial charge in [-0.1, -0.05) is 12.8 Å².